The molecule has 0 unspecified atom stereocenters. The predicted octanol–water partition coefficient (Wildman–Crippen LogP) is 3.38. The van der Waals surface area contributed by atoms with Gasteiger partial charge in [0.2, 0.25) is 9.84 Å². The highest BCUT2D eigenvalue weighted by Gasteiger charge is 2.37. The molecular weight excluding hydrogens is 345 g/mol. The summed E-state index contributed by atoms with van der Waals surface area (Å²) in [7, 11) is -3.08. The van der Waals surface area contributed by atoms with Gasteiger partial charge >= 0.3 is 5.97 Å². The molecule has 0 saturated heterocycles. The summed E-state index contributed by atoms with van der Waals surface area (Å²) in [5.74, 6) is -1.69. The number of benzene rings is 2. The molecule has 0 radical (unpaired) electrons. The number of sulfone groups is 1. The molecule has 0 aliphatic carbocycles. The van der Waals surface area contributed by atoms with Gasteiger partial charge in [-0.15, -0.1) is 0 Å². The second-order valence-corrected chi connectivity index (χ2v) is 7.58. The van der Waals surface area contributed by atoms with E-state index in [4.69, 9.17) is 0 Å². The third kappa shape index (κ3) is 2.70. The summed E-state index contributed by atoms with van der Waals surface area (Å²) >= 11 is 0. The van der Waals surface area contributed by atoms with Crippen LogP contribution in [0.4, 0.5) is 15.8 Å². The van der Waals surface area contributed by atoms with Gasteiger partial charge in [0.1, 0.15) is 5.82 Å². The molecule has 1 aliphatic heterocycles. The third-order valence-electron chi connectivity index (χ3n) is 4.23. The number of methoxy groups -OCH3 is 1. The summed E-state index contributed by atoms with van der Waals surface area (Å²) in [6.07, 6.45) is 1.23. The lowest BCUT2D eigenvalue weighted by molar-refractivity contribution is -0.135. The lowest BCUT2D eigenvalue weighted by atomic mass is 10.1. The minimum Gasteiger partial charge on any atom is -0.465 e. The van der Waals surface area contributed by atoms with Gasteiger partial charge in [0.25, 0.3) is 0 Å². The van der Waals surface area contributed by atoms with E-state index in [9.17, 15) is 17.6 Å². The summed E-state index contributed by atoms with van der Waals surface area (Å²) in [5, 5.41) is 0. The highest BCUT2D eigenvalue weighted by atomic mass is 32.2. The molecule has 130 valence electrons. The smallest absolute Gasteiger partial charge is 0.351 e. The fraction of sp³-hybridized carbons (Fsp3) is 0.167. The predicted molar refractivity (Wildman–Crippen MR) is 91.7 cm³/mol. The standard InChI is InChI=1S/C18H16FNO4S/c1-11-5-4-6-14(12(11)2)20-10-17(18(21)24-3)25(22,23)16-9-13(19)7-8-15(16)20/h4-10H,1-3H3. The average molecular weight is 361 g/mol. The number of ether oxygens (including phenoxy) is 1. The molecule has 2 aromatic rings. The summed E-state index contributed by atoms with van der Waals surface area (Å²) in [6.45, 7) is 3.82. The van der Waals surface area contributed by atoms with E-state index >= 15 is 0 Å². The van der Waals surface area contributed by atoms with Gasteiger partial charge in [0.05, 0.1) is 17.7 Å². The number of carbonyl (C=O) groups excluding carboxylic acids is 1. The van der Waals surface area contributed by atoms with Crippen LogP contribution in [0, 0.1) is 19.7 Å². The monoisotopic (exact) mass is 361 g/mol. The van der Waals surface area contributed by atoms with Crippen LogP contribution in [0.15, 0.2) is 52.4 Å². The number of rotatable bonds is 2. The number of aryl methyl sites for hydroxylation is 1. The fourth-order valence-corrected chi connectivity index (χ4v) is 4.23. The number of anilines is 2. The molecule has 5 nitrogen and oxygen atoms in total. The van der Waals surface area contributed by atoms with E-state index in [0.717, 1.165) is 24.3 Å². The maximum Gasteiger partial charge on any atom is 0.351 e. The van der Waals surface area contributed by atoms with E-state index in [0.29, 0.717) is 5.69 Å². The molecule has 0 aromatic heterocycles. The topological polar surface area (TPSA) is 63.7 Å². The number of hydrogen-bond donors (Lipinski definition) is 0. The van der Waals surface area contributed by atoms with Crippen LogP contribution in [-0.4, -0.2) is 21.5 Å². The van der Waals surface area contributed by atoms with Crippen molar-refractivity contribution in [1.29, 1.82) is 0 Å². The van der Waals surface area contributed by atoms with Crippen LogP contribution in [0.25, 0.3) is 0 Å². The van der Waals surface area contributed by atoms with Gasteiger partial charge in [-0.05, 0) is 49.2 Å². The average Bonchev–Trinajstić information content (AvgIpc) is 2.58. The van der Waals surface area contributed by atoms with Crippen molar-refractivity contribution in [3.63, 3.8) is 0 Å². The molecule has 0 amide bonds. The van der Waals surface area contributed by atoms with Crippen LogP contribution in [-0.2, 0) is 19.4 Å². The van der Waals surface area contributed by atoms with Gasteiger partial charge in [-0.3, -0.25) is 0 Å². The number of esters is 1. The molecule has 0 fully saturated rings. The molecule has 0 atom stereocenters. The minimum absolute atomic E-state index is 0.267. The molecule has 1 aliphatic rings. The van der Waals surface area contributed by atoms with Crippen molar-refractivity contribution in [2.75, 3.05) is 12.0 Å². The zero-order valence-corrected chi connectivity index (χ0v) is 14.7. The Balaban J connectivity index is 2.35. The molecular formula is C18H16FNO4S. The van der Waals surface area contributed by atoms with Gasteiger partial charge in [-0.2, -0.15) is 0 Å². The van der Waals surface area contributed by atoms with Crippen molar-refractivity contribution < 1.29 is 22.3 Å². The van der Waals surface area contributed by atoms with Crippen LogP contribution in [0.3, 0.4) is 0 Å². The van der Waals surface area contributed by atoms with Crippen molar-refractivity contribution in [3.05, 3.63) is 64.4 Å². The largest absolute Gasteiger partial charge is 0.465 e. The number of carbonyl (C=O) groups is 1. The highest BCUT2D eigenvalue weighted by Crippen LogP contribution is 2.41. The summed E-state index contributed by atoms with van der Waals surface area (Å²) in [6, 6.07) is 9.04. The lowest BCUT2D eigenvalue weighted by Crippen LogP contribution is -2.26. The Morgan fingerprint density at radius 2 is 1.84 bits per heavy atom. The Bertz CT molecular complexity index is 1010. The SMILES string of the molecule is COC(=O)C1=CN(c2cccc(C)c2C)c2ccc(F)cc2S1(=O)=O. The van der Waals surface area contributed by atoms with Crippen molar-refractivity contribution in [1.82, 2.24) is 0 Å². The molecule has 2 aromatic carbocycles. The van der Waals surface area contributed by atoms with Gasteiger partial charge in [-0.1, -0.05) is 12.1 Å². The molecule has 7 heteroatoms. The lowest BCUT2D eigenvalue weighted by Gasteiger charge is -2.30. The van der Waals surface area contributed by atoms with E-state index in [1.54, 1.807) is 11.0 Å². The number of nitrogens with zero attached hydrogens (tertiary/aromatic N) is 1. The first-order chi connectivity index (χ1) is 11.8. The Hall–Kier alpha value is -2.67. The zero-order valence-electron chi connectivity index (χ0n) is 13.9. The number of fused-ring (bicyclic) bond motifs is 1. The maximum absolute atomic E-state index is 13.7. The van der Waals surface area contributed by atoms with Crippen LogP contribution >= 0.6 is 0 Å². The van der Waals surface area contributed by atoms with E-state index in [2.05, 4.69) is 4.74 Å². The Morgan fingerprint density at radius 3 is 2.52 bits per heavy atom. The molecule has 0 N–H and O–H groups in total. The highest BCUT2D eigenvalue weighted by molar-refractivity contribution is 7.96. The van der Waals surface area contributed by atoms with Crippen LogP contribution in [0.2, 0.25) is 0 Å². The first kappa shape index (κ1) is 17.2. The molecule has 25 heavy (non-hydrogen) atoms. The summed E-state index contributed by atoms with van der Waals surface area (Å²) < 4.78 is 43.8. The van der Waals surface area contributed by atoms with Crippen LogP contribution in [0.5, 0.6) is 0 Å². The van der Waals surface area contributed by atoms with Gasteiger partial charge in [0.15, 0.2) is 4.91 Å². The molecule has 0 bridgehead atoms. The van der Waals surface area contributed by atoms with Crippen molar-refractivity contribution in [2.24, 2.45) is 0 Å². The van der Waals surface area contributed by atoms with Gasteiger partial charge in [-0.25, -0.2) is 17.6 Å². The quantitative estimate of drug-likeness (QED) is 0.768. The van der Waals surface area contributed by atoms with Crippen molar-refractivity contribution in [2.45, 2.75) is 18.7 Å². The zero-order chi connectivity index (χ0) is 18.4. The first-order valence-electron chi connectivity index (χ1n) is 7.47. The minimum atomic E-state index is -4.18. The van der Waals surface area contributed by atoms with E-state index in [1.807, 2.05) is 26.0 Å². The molecule has 0 saturated carbocycles. The fourth-order valence-electron chi connectivity index (χ4n) is 2.74. The summed E-state index contributed by atoms with van der Waals surface area (Å²) in [5.41, 5.74) is 2.90. The Kier molecular flexibility index (Phi) is 4.12. The first-order valence-corrected chi connectivity index (χ1v) is 8.96. The second kappa shape index (κ2) is 6.00. The van der Waals surface area contributed by atoms with Crippen LogP contribution in [0.1, 0.15) is 11.1 Å². The second-order valence-electron chi connectivity index (χ2n) is 5.69. The third-order valence-corrected chi connectivity index (χ3v) is 5.99. The maximum atomic E-state index is 13.7. The number of halogens is 1. The van der Waals surface area contributed by atoms with E-state index in [1.165, 1.54) is 18.3 Å². The Labute approximate surface area is 145 Å². The Morgan fingerprint density at radius 1 is 1.12 bits per heavy atom. The van der Waals surface area contributed by atoms with Crippen molar-refractivity contribution in [3.8, 4) is 0 Å². The van der Waals surface area contributed by atoms with E-state index in [-0.39, 0.29) is 10.6 Å². The normalized spacial score (nSPS) is 15.4. The molecule has 1 heterocycles. The molecule has 3 rings (SSSR count). The van der Waals surface area contributed by atoms with Crippen molar-refractivity contribution >= 4 is 27.2 Å². The summed E-state index contributed by atoms with van der Waals surface area (Å²) in [4.78, 5) is 12.8. The van der Waals surface area contributed by atoms with Gasteiger partial charge in [0, 0.05) is 11.9 Å². The van der Waals surface area contributed by atoms with Gasteiger partial charge < -0.3 is 9.64 Å². The van der Waals surface area contributed by atoms with E-state index < -0.39 is 26.5 Å². The number of hydrogen-bond acceptors (Lipinski definition) is 5. The van der Waals surface area contributed by atoms with Crippen LogP contribution < -0.4 is 4.90 Å². The molecule has 0 spiro atoms.